The zero-order chi connectivity index (χ0) is 14.5. The molecule has 1 aromatic rings. The molecule has 0 aliphatic carbocycles. The minimum absolute atomic E-state index is 0.0649. The summed E-state index contributed by atoms with van der Waals surface area (Å²) in [5, 5.41) is 0. The van der Waals surface area contributed by atoms with E-state index < -0.39 is 19.4 Å². The molecule has 1 aliphatic rings. The maximum absolute atomic E-state index is 11.4. The molecule has 1 saturated heterocycles. The predicted molar refractivity (Wildman–Crippen MR) is 67.6 cm³/mol. The molecule has 0 amide bonds. The van der Waals surface area contributed by atoms with Crippen molar-refractivity contribution in [1.82, 2.24) is 14.5 Å². The zero-order valence-electron chi connectivity index (χ0n) is 10.7. The zero-order valence-corrected chi connectivity index (χ0v) is 11.6. The number of nitrogen functional groups attached to an aromatic ring is 1. The minimum Gasteiger partial charge on any atom is -0.368 e. The Morgan fingerprint density at radius 1 is 1.63 bits per heavy atom. The number of nitrogens with two attached hydrogens (primary N) is 1. The highest BCUT2D eigenvalue weighted by atomic mass is 31.2. The van der Waals surface area contributed by atoms with E-state index in [1.807, 2.05) is 13.8 Å². The highest BCUT2D eigenvalue weighted by molar-refractivity contribution is 7.52. The van der Waals surface area contributed by atoms with Gasteiger partial charge in [-0.15, -0.1) is 0 Å². The molecule has 2 rings (SSSR count). The van der Waals surface area contributed by atoms with Gasteiger partial charge in [-0.1, -0.05) is 13.8 Å². The van der Waals surface area contributed by atoms with E-state index in [0.29, 0.717) is 0 Å². The Morgan fingerprint density at radius 2 is 2.32 bits per heavy atom. The van der Waals surface area contributed by atoms with Crippen LogP contribution in [0.1, 0.15) is 13.8 Å². The van der Waals surface area contributed by atoms with Crippen LogP contribution in [0.5, 0.6) is 0 Å². The molecule has 108 valence electrons. The molecule has 10 heteroatoms. The smallest absolute Gasteiger partial charge is 0.353 e. The summed E-state index contributed by atoms with van der Waals surface area (Å²) >= 11 is 0. The molecule has 0 bridgehead atoms. The topological polar surface area (TPSA) is 130 Å². The number of nitrogens with zero attached hydrogens (tertiary/aromatic N) is 3. The molecular formula is C9H17N4O5P. The van der Waals surface area contributed by atoms with Gasteiger partial charge in [0.1, 0.15) is 18.8 Å². The summed E-state index contributed by atoms with van der Waals surface area (Å²) in [4.78, 5) is 27.5. The van der Waals surface area contributed by atoms with Gasteiger partial charge in [0.25, 0.3) is 0 Å². The summed E-state index contributed by atoms with van der Waals surface area (Å²) in [5.74, 6) is -0.105. The second-order valence-electron chi connectivity index (χ2n) is 3.50. The van der Waals surface area contributed by atoms with Crippen molar-refractivity contribution in [2.75, 3.05) is 18.7 Å². The number of anilines is 1. The molecule has 2 atom stereocenters. The number of ether oxygens (including phenoxy) is 1. The number of rotatable bonds is 2. The molecule has 9 nitrogen and oxygen atoms in total. The molecule has 1 aromatic heterocycles. The lowest BCUT2D eigenvalue weighted by Crippen LogP contribution is -2.35. The molecule has 0 saturated carbocycles. The first-order valence-electron chi connectivity index (χ1n) is 5.73. The van der Waals surface area contributed by atoms with Gasteiger partial charge in [0.15, 0.2) is 0 Å². The standard InChI is InChI=1S/C7H11N4O5P.C2H6/c8-6-9-3-11(7(12)10-6)1-5-2-16-17(13,14)4-15-5;1-2/h3,5H,1-2,4H2,(H,13,14)(H2,8,10,12);1-2H3. The fourth-order valence-electron chi connectivity index (χ4n) is 1.30. The van der Waals surface area contributed by atoms with E-state index in [0.717, 1.165) is 0 Å². The van der Waals surface area contributed by atoms with Crippen molar-refractivity contribution in [2.24, 2.45) is 0 Å². The quantitative estimate of drug-likeness (QED) is 0.717. The van der Waals surface area contributed by atoms with E-state index in [4.69, 9.17) is 19.9 Å². The highest BCUT2D eigenvalue weighted by Crippen LogP contribution is 2.44. The van der Waals surface area contributed by atoms with Crippen LogP contribution in [0.2, 0.25) is 0 Å². The maximum Gasteiger partial charge on any atom is 0.353 e. The van der Waals surface area contributed by atoms with E-state index in [-0.39, 0.29) is 25.4 Å². The Kier molecular flexibility index (Phi) is 5.61. The molecule has 0 radical (unpaired) electrons. The predicted octanol–water partition coefficient (Wildman–Crippen LogP) is -0.195. The number of aromatic nitrogens is 3. The Bertz CT molecular complexity index is 508. The molecule has 2 heterocycles. The largest absolute Gasteiger partial charge is 0.368 e. The van der Waals surface area contributed by atoms with Crippen LogP contribution in [0, 0.1) is 0 Å². The number of hydrogen-bond acceptors (Lipinski definition) is 7. The minimum atomic E-state index is -3.61. The monoisotopic (exact) mass is 292 g/mol. The van der Waals surface area contributed by atoms with Crippen LogP contribution in [-0.2, 0) is 20.4 Å². The lowest BCUT2D eigenvalue weighted by atomic mass is 10.4. The van der Waals surface area contributed by atoms with Crippen LogP contribution in [-0.4, -0.2) is 38.5 Å². The van der Waals surface area contributed by atoms with Crippen molar-refractivity contribution in [3.8, 4) is 0 Å². The molecule has 3 N–H and O–H groups in total. The molecule has 2 unspecified atom stereocenters. The van der Waals surface area contributed by atoms with Gasteiger partial charge in [-0.25, -0.2) is 9.78 Å². The molecule has 0 spiro atoms. The third-order valence-electron chi connectivity index (χ3n) is 2.12. The number of hydrogen-bond donors (Lipinski definition) is 2. The average Bonchev–Trinajstić information content (AvgIpc) is 2.37. The van der Waals surface area contributed by atoms with Crippen molar-refractivity contribution < 1.29 is 18.7 Å². The van der Waals surface area contributed by atoms with Gasteiger partial charge in [0, 0.05) is 0 Å². The van der Waals surface area contributed by atoms with Gasteiger partial charge in [-0.05, 0) is 0 Å². The molecule has 1 fully saturated rings. The van der Waals surface area contributed by atoms with E-state index in [2.05, 4.69) is 9.97 Å². The fourth-order valence-corrected chi connectivity index (χ4v) is 2.18. The Balaban J connectivity index is 0.000000861. The van der Waals surface area contributed by atoms with E-state index in [1.165, 1.54) is 10.9 Å². The lowest BCUT2D eigenvalue weighted by Gasteiger charge is -2.26. The van der Waals surface area contributed by atoms with Gasteiger partial charge < -0.3 is 19.9 Å². The summed E-state index contributed by atoms with van der Waals surface area (Å²) in [6.45, 7) is 4.07. The first-order chi connectivity index (χ1) is 8.96. The molecule has 19 heavy (non-hydrogen) atoms. The Labute approximate surface area is 109 Å². The highest BCUT2D eigenvalue weighted by Gasteiger charge is 2.29. The fraction of sp³-hybridized carbons (Fsp3) is 0.667. The van der Waals surface area contributed by atoms with Gasteiger partial charge in [0.2, 0.25) is 5.95 Å². The third-order valence-corrected chi connectivity index (χ3v) is 3.15. The van der Waals surface area contributed by atoms with Crippen LogP contribution in [0.3, 0.4) is 0 Å². The van der Waals surface area contributed by atoms with Crippen LogP contribution >= 0.6 is 7.60 Å². The van der Waals surface area contributed by atoms with Gasteiger partial charge in [-0.3, -0.25) is 9.13 Å². The summed E-state index contributed by atoms with van der Waals surface area (Å²) in [5.41, 5.74) is 4.68. The van der Waals surface area contributed by atoms with Crippen molar-refractivity contribution >= 4 is 13.5 Å². The van der Waals surface area contributed by atoms with E-state index >= 15 is 0 Å². The van der Waals surface area contributed by atoms with Gasteiger partial charge in [-0.2, -0.15) is 4.98 Å². The first kappa shape index (κ1) is 15.8. The summed E-state index contributed by atoms with van der Waals surface area (Å²) in [6.07, 6.45) is 0.359. The Morgan fingerprint density at radius 3 is 2.84 bits per heavy atom. The lowest BCUT2D eigenvalue weighted by molar-refractivity contribution is -0.00874. The van der Waals surface area contributed by atoms with Crippen LogP contribution in [0.4, 0.5) is 5.95 Å². The average molecular weight is 292 g/mol. The van der Waals surface area contributed by atoms with Crippen LogP contribution in [0.25, 0.3) is 0 Å². The van der Waals surface area contributed by atoms with E-state index in [1.54, 1.807) is 0 Å². The van der Waals surface area contributed by atoms with Crippen LogP contribution in [0.15, 0.2) is 11.1 Å². The molecule has 1 aliphatic heterocycles. The van der Waals surface area contributed by atoms with E-state index in [9.17, 15) is 9.36 Å². The van der Waals surface area contributed by atoms with Crippen molar-refractivity contribution in [1.29, 1.82) is 0 Å². The normalized spacial score (nSPS) is 26.4. The van der Waals surface area contributed by atoms with Crippen molar-refractivity contribution in [2.45, 2.75) is 26.5 Å². The second-order valence-corrected chi connectivity index (χ2v) is 5.29. The van der Waals surface area contributed by atoms with Gasteiger partial charge >= 0.3 is 13.3 Å². The van der Waals surface area contributed by atoms with Crippen molar-refractivity contribution in [3.05, 3.63) is 16.8 Å². The van der Waals surface area contributed by atoms with Crippen LogP contribution < -0.4 is 11.4 Å². The summed E-state index contributed by atoms with van der Waals surface area (Å²) in [6, 6.07) is 0. The summed E-state index contributed by atoms with van der Waals surface area (Å²) in [7, 11) is -3.61. The summed E-state index contributed by atoms with van der Waals surface area (Å²) < 4.78 is 22.1. The Hall–Kier alpha value is -1.28. The second kappa shape index (κ2) is 6.76. The third kappa shape index (κ3) is 4.71. The molecule has 0 aromatic carbocycles. The first-order valence-corrected chi connectivity index (χ1v) is 7.49. The maximum atomic E-state index is 11.4. The van der Waals surface area contributed by atoms with Gasteiger partial charge in [0.05, 0.1) is 13.2 Å². The molecular weight excluding hydrogens is 275 g/mol. The van der Waals surface area contributed by atoms with Crippen molar-refractivity contribution in [3.63, 3.8) is 0 Å². The SMILES string of the molecule is CC.Nc1ncn(CC2COP(=O)(O)CO2)c(=O)n1.